The molecule has 1 heterocycles. The van der Waals surface area contributed by atoms with Gasteiger partial charge in [0.05, 0.1) is 11.6 Å². The van der Waals surface area contributed by atoms with Crippen molar-refractivity contribution >= 4 is 28.9 Å². The Morgan fingerprint density at radius 1 is 1.15 bits per heavy atom. The summed E-state index contributed by atoms with van der Waals surface area (Å²) in [6.07, 6.45) is 1.41. The molecule has 136 valence electrons. The van der Waals surface area contributed by atoms with Crippen molar-refractivity contribution in [1.29, 1.82) is 0 Å². The molecule has 3 aromatic rings. The van der Waals surface area contributed by atoms with E-state index in [-0.39, 0.29) is 11.3 Å². The van der Waals surface area contributed by atoms with E-state index in [1.54, 1.807) is 48.5 Å². The van der Waals surface area contributed by atoms with Gasteiger partial charge in [-0.2, -0.15) is 10.2 Å². The van der Waals surface area contributed by atoms with E-state index in [4.69, 9.17) is 9.84 Å². The maximum atomic E-state index is 12.3. The lowest BCUT2D eigenvalue weighted by Gasteiger charge is -2.04. The number of carbonyl (C=O) groups is 2. The predicted molar refractivity (Wildman–Crippen MR) is 97.0 cm³/mol. The summed E-state index contributed by atoms with van der Waals surface area (Å²) in [4.78, 5) is 34.5. The van der Waals surface area contributed by atoms with Gasteiger partial charge in [-0.15, -0.1) is 0 Å². The molecule has 0 aliphatic carbocycles. The lowest BCUT2D eigenvalue weighted by molar-refractivity contribution is -0.139. The zero-order valence-corrected chi connectivity index (χ0v) is 13.9. The first kappa shape index (κ1) is 17.8. The van der Waals surface area contributed by atoms with Crippen molar-refractivity contribution in [3.05, 3.63) is 70.1 Å². The molecule has 0 bridgehead atoms. The number of benzene rings is 2. The van der Waals surface area contributed by atoms with E-state index in [0.717, 1.165) is 0 Å². The van der Waals surface area contributed by atoms with Gasteiger partial charge < -0.3 is 9.84 Å². The van der Waals surface area contributed by atoms with Crippen LogP contribution in [-0.4, -0.2) is 40.0 Å². The maximum absolute atomic E-state index is 12.3. The third-order valence-electron chi connectivity index (χ3n) is 3.53. The van der Waals surface area contributed by atoms with Gasteiger partial charge in [0.1, 0.15) is 5.75 Å². The molecule has 3 N–H and O–H groups in total. The summed E-state index contributed by atoms with van der Waals surface area (Å²) < 4.78 is 5.02. The highest BCUT2D eigenvalue weighted by Gasteiger charge is 2.13. The number of aromatic amines is 1. The molecule has 0 fully saturated rings. The fraction of sp³-hybridized carbons (Fsp3) is 0.0556. The predicted octanol–water partition coefficient (Wildman–Crippen LogP) is 1.15. The number of ether oxygens (including phenoxy) is 1. The summed E-state index contributed by atoms with van der Waals surface area (Å²) in [5.74, 6) is -1.23. The van der Waals surface area contributed by atoms with E-state index in [1.165, 1.54) is 6.21 Å². The summed E-state index contributed by atoms with van der Waals surface area (Å²) in [7, 11) is 0. The average molecular weight is 366 g/mol. The van der Waals surface area contributed by atoms with Gasteiger partial charge in [-0.25, -0.2) is 15.3 Å². The minimum Gasteiger partial charge on any atom is -0.482 e. The number of carboxylic acid groups (broad SMARTS) is 1. The van der Waals surface area contributed by atoms with Crippen LogP contribution < -0.4 is 15.7 Å². The lowest BCUT2D eigenvalue weighted by Crippen LogP contribution is -2.22. The van der Waals surface area contributed by atoms with Crippen molar-refractivity contribution in [3.8, 4) is 5.75 Å². The van der Waals surface area contributed by atoms with Crippen LogP contribution in [0.1, 0.15) is 16.1 Å². The van der Waals surface area contributed by atoms with Gasteiger partial charge in [0.25, 0.3) is 11.5 Å². The van der Waals surface area contributed by atoms with Crippen LogP contribution in [0, 0.1) is 0 Å². The van der Waals surface area contributed by atoms with Crippen molar-refractivity contribution in [1.82, 2.24) is 15.6 Å². The number of hydrogen-bond donors (Lipinski definition) is 3. The van der Waals surface area contributed by atoms with E-state index in [1.807, 2.05) is 0 Å². The Balaban J connectivity index is 1.68. The minimum absolute atomic E-state index is 0.0553. The number of nitrogens with zero attached hydrogens (tertiary/aromatic N) is 2. The van der Waals surface area contributed by atoms with Crippen LogP contribution in [0.4, 0.5) is 0 Å². The second-order valence-electron chi connectivity index (χ2n) is 5.40. The SMILES string of the molecule is O=C(O)COc1ccc(/C=N\NC(=O)c2n[nH]c(=O)c3ccccc23)cc1. The second-order valence-corrected chi connectivity index (χ2v) is 5.40. The molecule has 0 atom stereocenters. The molecule has 0 unspecified atom stereocenters. The first-order chi connectivity index (χ1) is 13.0. The third kappa shape index (κ3) is 4.34. The maximum Gasteiger partial charge on any atom is 0.341 e. The molecular weight excluding hydrogens is 352 g/mol. The highest BCUT2D eigenvalue weighted by Crippen LogP contribution is 2.12. The Kier molecular flexibility index (Phi) is 5.22. The highest BCUT2D eigenvalue weighted by atomic mass is 16.5. The van der Waals surface area contributed by atoms with Gasteiger partial charge in [-0.05, 0) is 35.9 Å². The number of aliphatic carboxylic acids is 1. The molecule has 1 aromatic heterocycles. The van der Waals surface area contributed by atoms with Gasteiger partial charge in [0.15, 0.2) is 12.3 Å². The molecule has 9 heteroatoms. The van der Waals surface area contributed by atoms with E-state index in [2.05, 4.69) is 20.7 Å². The first-order valence-electron chi connectivity index (χ1n) is 7.80. The number of hydrazone groups is 1. The number of hydrogen-bond acceptors (Lipinski definition) is 6. The van der Waals surface area contributed by atoms with Crippen LogP contribution in [-0.2, 0) is 4.79 Å². The number of amides is 1. The van der Waals surface area contributed by atoms with E-state index >= 15 is 0 Å². The molecule has 0 aliphatic rings. The number of nitrogens with one attached hydrogen (secondary N) is 2. The molecule has 2 aromatic carbocycles. The fourth-order valence-electron chi connectivity index (χ4n) is 2.30. The zero-order valence-electron chi connectivity index (χ0n) is 13.9. The summed E-state index contributed by atoms with van der Waals surface area (Å²) in [5.41, 5.74) is 2.69. The van der Waals surface area contributed by atoms with Crippen molar-refractivity contribution in [3.63, 3.8) is 0 Å². The van der Waals surface area contributed by atoms with Crippen molar-refractivity contribution in [2.45, 2.75) is 0 Å². The Morgan fingerprint density at radius 3 is 2.56 bits per heavy atom. The minimum atomic E-state index is -1.06. The van der Waals surface area contributed by atoms with Crippen LogP contribution >= 0.6 is 0 Å². The molecular formula is C18H14N4O5. The van der Waals surface area contributed by atoms with Crippen LogP contribution in [0.15, 0.2) is 58.4 Å². The summed E-state index contributed by atoms with van der Waals surface area (Å²) in [6, 6.07) is 13.1. The second kappa shape index (κ2) is 7.91. The molecule has 0 radical (unpaired) electrons. The van der Waals surface area contributed by atoms with E-state index < -0.39 is 18.5 Å². The van der Waals surface area contributed by atoms with Crippen molar-refractivity contribution in [2.75, 3.05) is 6.61 Å². The molecule has 0 saturated heterocycles. The molecule has 0 spiro atoms. The number of H-pyrrole nitrogens is 1. The molecule has 9 nitrogen and oxygen atoms in total. The molecule has 1 amide bonds. The largest absolute Gasteiger partial charge is 0.482 e. The Bertz CT molecular complexity index is 1070. The monoisotopic (exact) mass is 366 g/mol. The van der Waals surface area contributed by atoms with Gasteiger partial charge in [0.2, 0.25) is 0 Å². The average Bonchev–Trinajstić information content (AvgIpc) is 2.68. The van der Waals surface area contributed by atoms with Crippen LogP contribution in [0.2, 0.25) is 0 Å². The number of aromatic nitrogens is 2. The summed E-state index contributed by atoms with van der Waals surface area (Å²) in [6.45, 7) is -0.427. The summed E-state index contributed by atoms with van der Waals surface area (Å²) >= 11 is 0. The standard InChI is InChI=1S/C18H14N4O5/c23-15(24)10-27-12-7-5-11(6-8-12)9-19-21-18(26)16-13-3-1-2-4-14(13)17(25)22-20-16/h1-9H,10H2,(H,21,26)(H,22,25)(H,23,24)/b19-9-. The molecule has 3 rings (SSSR count). The number of carbonyl (C=O) groups excluding carboxylic acids is 1. The van der Waals surface area contributed by atoms with Crippen molar-refractivity contribution in [2.24, 2.45) is 5.10 Å². The Hall–Kier alpha value is -4.01. The molecule has 0 saturated carbocycles. The smallest absolute Gasteiger partial charge is 0.341 e. The lowest BCUT2D eigenvalue weighted by atomic mass is 10.1. The van der Waals surface area contributed by atoms with Gasteiger partial charge in [-0.1, -0.05) is 18.2 Å². The number of fused-ring (bicyclic) bond motifs is 1. The fourth-order valence-corrected chi connectivity index (χ4v) is 2.30. The summed E-state index contributed by atoms with van der Waals surface area (Å²) in [5, 5.41) is 19.3. The quantitative estimate of drug-likeness (QED) is 0.443. The van der Waals surface area contributed by atoms with Crippen LogP contribution in [0.3, 0.4) is 0 Å². The molecule has 0 aliphatic heterocycles. The van der Waals surface area contributed by atoms with Crippen molar-refractivity contribution < 1.29 is 19.4 Å². The van der Waals surface area contributed by atoms with Crippen LogP contribution in [0.5, 0.6) is 5.75 Å². The zero-order chi connectivity index (χ0) is 19.2. The molecule has 27 heavy (non-hydrogen) atoms. The third-order valence-corrected chi connectivity index (χ3v) is 3.53. The van der Waals surface area contributed by atoms with E-state index in [0.29, 0.717) is 22.1 Å². The normalized spacial score (nSPS) is 10.8. The van der Waals surface area contributed by atoms with Crippen LogP contribution in [0.25, 0.3) is 10.8 Å². The Morgan fingerprint density at radius 2 is 1.85 bits per heavy atom. The number of carboxylic acids is 1. The van der Waals surface area contributed by atoms with Gasteiger partial charge in [0, 0.05) is 5.39 Å². The Labute approximate surface area is 152 Å². The van der Waals surface area contributed by atoms with Gasteiger partial charge >= 0.3 is 5.97 Å². The highest BCUT2D eigenvalue weighted by molar-refractivity contribution is 6.04. The topological polar surface area (TPSA) is 134 Å². The van der Waals surface area contributed by atoms with Gasteiger partial charge in [-0.3, -0.25) is 9.59 Å². The first-order valence-corrected chi connectivity index (χ1v) is 7.80. The number of rotatable bonds is 6. The van der Waals surface area contributed by atoms with E-state index in [9.17, 15) is 14.4 Å².